The predicted molar refractivity (Wildman–Crippen MR) is 104 cm³/mol. The van der Waals surface area contributed by atoms with Crippen molar-refractivity contribution in [1.82, 2.24) is 0 Å². The number of benzene rings is 3. The van der Waals surface area contributed by atoms with Crippen molar-refractivity contribution >= 4 is 0 Å². The smallest absolute Gasteiger partial charge is 0.259 e. The molecule has 1 aliphatic rings. The molecule has 0 spiro atoms. The van der Waals surface area contributed by atoms with Gasteiger partial charge >= 0.3 is 0 Å². The molecule has 28 heavy (non-hydrogen) atoms. The van der Waals surface area contributed by atoms with Gasteiger partial charge < -0.3 is 9.84 Å². The predicted octanol–water partition coefficient (Wildman–Crippen LogP) is 5.01. The van der Waals surface area contributed by atoms with Gasteiger partial charge in [-0.05, 0) is 16.7 Å². The summed E-state index contributed by atoms with van der Waals surface area (Å²) in [6, 6.07) is 28.8. The van der Waals surface area contributed by atoms with Gasteiger partial charge in [0.2, 0.25) is 0 Å². The van der Waals surface area contributed by atoms with Crippen molar-refractivity contribution in [3.05, 3.63) is 108 Å². The number of halogens is 2. The van der Waals surface area contributed by atoms with Crippen LogP contribution in [0.4, 0.5) is 8.78 Å². The van der Waals surface area contributed by atoms with E-state index in [2.05, 4.69) is 0 Å². The molecular formula is C24H22F2O2. The Morgan fingerprint density at radius 2 is 1.11 bits per heavy atom. The molecule has 0 aromatic heterocycles. The summed E-state index contributed by atoms with van der Waals surface area (Å²) in [5, 5.41) is 9.64. The molecule has 0 saturated heterocycles. The molecule has 4 rings (SSSR count). The topological polar surface area (TPSA) is 29.5 Å². The van der Waals surface area contributed by atoms with E-state index in [1.54, 1.807) is 0 Å². The summed E-state index contributed by atoms with van der Waals surface area (Å²) in [6.45, 7) is -0.844. The van der Waals surface area contributed by atoms with E-state index >= 15 is 0 Å². The zero-order valence-corrected chi connectivity index (χ0v) is 15.4. The molecule has 3 aromatic carbocycles. The van der Waals surface area contributed by atoms with Gasteiger partial charge in [0.25, 0.3) is 5.92 Å². The lowest BCUT2D eigenvalue weighted by molar-refractivity contribution is -0.0622. The molecule has 1 atom stereocenters. The van der Waals surface area contributed by atoms with Gasteiger partial charge in [0, 0.05) is 6.42 Å². The number of alkyl halides is 2. The van der Waals surface area contributed by atoms with E-state index in [0.29, 0.717) is 0 Å². The van der Waals surface area contributed by atoms with Crippen LogP contribution in [0, 0.1) is 5.41 Å². The van der Waals surface area contributed by atoms with Crippen LogP contribution in [0.5, 0.6) is 0 Å². The van der Waals surface area contributed by atoms with Crippen LogP contribution in [0.1, 0.15) is 23.1 Å². The van der Waals surface area contributed by atoms with E-state index in [9.17, 15) is 13.9 Å². The fourth-order valence-electron chi connectivity index (χ4n) is 3.77. The Bertz CT molecular complexity index is 816. The minimum absolute atomic E-state index is 0.241. The summed E-state index contributed by atoms with van der Waals surface area (Å²) in [4.78, 5) is 0. The van der Waals surface area contributed by atoms with Gasteiger partial charge in [0.05, 0.1) is 18.6 Å². The van der Waals surface area contributed by atoms with Crippen molar-refractivity contribution in [3.63, 3.8) is 0 Å². The number of aliphatic hydroxyl groups excluding tert-OH is 1. The van der Waals surface area contributed by atoms with Gasteiger partial charge in [-0.1, -0.05) is 91.0 Å². The molecule has 3 aromatic rings. The van der Waals surface area contributed by atoms with Gasteiger partial charge in [0.1, 0.15) is 5.60 Å². The summed E-state index contributed by atoms with van der Waals surface area (Å²) in [5.74, 6) is -2.91. The zero-order valence-electron chi connectivity index (χ0n) is 15.4. The SMILES string of the molecule is OCC1(COC(c2ccccc2)(c2ccccc2)c2ccccc2)CC1(F)F. The number of hydrogen-bond acceptors (Lipinski definition) is 2. The molecule has 0 radical (unpaired) electrons. The van der Waals surface area contributed by atoms with Gasteiger partial charge in [-0.25, -0.2) is 8.78 Å². The third-order valence-corrected chi connectivity index (χ3v) is 5.62. The Labute approximate surface area is 163 Å². The van der Waals surface area contributed by atoms with Crippen molar-refractivity contribution in [2.24, 2.45) is 5.41 Å². The Hall–Kier alpha value is -2.56. The molecule has 1 unspecified atom stereocenters. The van der Waals surface area contributed by atoms with Crippen molar-refractivity contribution in [2.75, 3.05) is 13.2 Å². The lowest BCUT2D eigenvalue weighted by Gasteiger charge is -2.37. The van der Waals surface area contributed by atoms with E-state index < -0.39 is 23.5 Å². The van der Waals surface area contributed by atoms with Crippen LogP contribution in [-0.4, -0.2) is 24.2 Å². The molecule has 0 aliphatic heterocycles. The van der Waals surface area contributed by atoms with Gasteiger partial charge in [-0.15, -0.1) is 0 Å². The number of hydrogen-bond donors (Lipinski definition) is 1. The summed E-state index contributed by atoms with van der Waals surface area (Å²) in [5.41, 5.74) is -0.0142. The standard InChI is InChI=1S/C24H22F2O2/c25-23(26)16-22(23,17-27)18-28-24(19-10-4-1-5-11-19,20-12-6-2-7-13-20)21-14-8-3-9-15-21/h1-15,27H,16-18H2. The molecule has 1 aliphatic carbocycles. The minimum Gasteiger partial charge on any atom is -0.395 e. The van der Waals surface area contributed by atoms with E-state index in [1.165, 1.54) is 0 Å². The molecule has 0 bridgehead atoms. The summed E-state index contributed by atoms with van der Waals surface area (Å²) in [6.07, 6.45) is -0.356. The van der Waals surface area contributed by atoms with E-state index in [0.717, 1.165) is 16.7 Å². The molecule has 144 valence electrons. The van der Waals surface area contributed by atoms with Gasteiger partial charge in [0.15, 0.2) is 0 Å². The van der Waals surface area contributed by atoms with E-state index in [-0.39, 0.29) is 13.0 Å². The Balaban J connectivity index is 1.87. The van der Waals surface area contributed by atoms with Crippen molar-refractivity contribution in [2.45, 2.75) is 17.9 Å². The first kappa shape index (κ1) is 18.8. The lowest BCUT2D eigenvalue weighted by Crippen LogP contribution is -2.37. The van der Waals surface area contributed by atoms with Crippen molar-refractivity contribution in [3.8, 4) is 0 Å². The first-order valence-corrected chi connectivity index (χ1v) is 9.33. The number of aliphatic hydroxyl groups is 1. The van der Waals surface area contributed by atoms with E-state index in [4.69, 9.17) is 4.74 Å². The molecule has 4 heteroatoms. The Kier molecular flexibility index (Phi) is 4.77. The zero-order chi connectivity index (χ0) is 19.7. The molecule has 1 N–H and O–H groups in total. The summed E-state index contributed by atoms with van der Waals surface area (Å²) >= 11 is 0. The molecule has 2 nitrogen and oxygen atoms in total. The largest absolute Gasteiger partial charge is 0.395 e. The average molecular weight is 380 g/mol. The molecular weight excluding hydrogens is 358 g/mol. The normalized spacial score (nSPS) is 20.7. The highest BCUT2D eigenvalue weighted by atomic mass is 19.3. The molecule has 1 saturated carbocycles. The van der Waals surface area contributed by atoms with Crippen LogP contribution in [0.15, 0.2) is 91.0 Å². The van der Waals surface area contributed by atoms with Crippen LogP contribution in [-0.2, 0) is 10.3 Å². The molecule has 0 heterocycles. The van der Waals surface area contributed by atoms with E-state index in [1.807, 2.05) is 91.0 Å². The first-order valence-electron chi connectivity index (χ1n) is 9.33. The number of rotatable bonds is 7. The maximum absolute atomic E-state index is 14.0. The Morgan fingerprint density at radius 1 is 0.750 bits per heavy atom. The van der Waals surface area contributed by atoms with Crippen LogP contribution in [0.2, 0.25) is 0 Å². The highest BCUT2D eigenvalue weighted by Crippen LogP contribution is 2.61. The van der Waals surface area contributed by atoms with Crippen LogP contribution in [0.3, 0.4) is 0 Å². The summed E-state index contributed by atoms with van der Waals surface area (Å²) in [7, 11) is 0. The first-order chi connectivity index (χ1) is 13.5. The fourth-order valence-corrected chi connectivity index (χ4v) is 3.77. The molecule has 0 amide bonds. The third kappa shape index (κ3) is 3.03. The average Bonchev–Trinajstić information content (AvgIpc) is 3.32. The second-order valence-corrected chi connectivity index (χ2v) is 7.39. The second kappa shape index (κ2) is 7.12. The van der Waals surface area contributed by atoms with Crippen molar-refractivity contribution in [1.29, 1.82) is 0 Å². The monoisotopic (exact) mass is 380 g/mol. The van der Waals surface area contributed by atoms with Crippen LogP contribution < -0.4 is 0 Å². The fraction of sp³-hybridized carbons (Fsp3) is 0.250. The highest BCUT2D eigenvalue weighted by Gasteiger charge is 2.71. The lowest BCUT2D eigenvalue weighted by atomic mass is 9.80. The van der Waals surface area contributed by atoms with Crippen LogP contribution >= 0.6 is 0 Å². The summed E-state index contributed by atoms with van der Waals surface area (Å²) < 4.78 is 34.4. The third-order valence-electron chi connectivity index (χ3n) is 5.62. The quantitative estimate of drug-likeness (QED) is 0.584. The highest BCUT2D eigenvalue weighted by molar-refractivity contribution is 5.47. The van der Waals surface area contributed by atoms with Gasteiger partial charge in [-0.2, -0.15) is 0 Å². The number of ether oxygens (including phenoxy) is 1. The maximum atomic E-state index is 14.0. The molecule has 1 fully saturated rings. The van der Waals surface area contributed by atoms with Gasteiger partial charge in [-0.3, -0.25) is 0 Å². The van der Waals surface area contributed by atoms with Crippen molar-refractivity contribution < 1.29 is 18.6 Å². The van der Waals surface area contributed by atoms with Crippen LogP contribution in [0.25, 0.3) is 0 Å². The maximum Gasteiger partial charge on any atom is 0.259 e. The second-order valence-electron chi connectivity index (χ2n) is 7.39. The minimum atomic E-state index is -2.91. The Morgan fingerprint density at radius 3 is 1.39 bits per heavy atom.